The summed E-state index contributed by atoms with van der Waals surface area (Å²) in [5.41, 5.74) is -0.875. The molecule has 0 aromatic carbocycles. The Kier molecular flexibility index (Phi) is 3.11. The van der Waals surface area contributed by atoms with E-state index in [1.807, 2.05) is 0 Å². The van der Waals surface area contributed by atoms with Crippen LogP contribution in [0.2, 0.25) is 0 Å². The van der Waals surface area contributed by atoms with Crippen molar-refractivity contribution in [3.05, 3.63) is 26.9 Å². The Morgan fingerprint density at radius 2 is 1.74 bits per heavy atom. The smallest absolute Gasteiger partial charge is 0.331 e. The van der Waals surface area contributed by atoms with E-state index in [-0.39, 0.29) is 22.8 Å². The number of nitrogens with one attached hydrogen (secondary N) is 1. The van der Waals surface area contributed by atoms with Crippen LogP contribution in [0.4, 0.5) is 0 Å². The lowest BCUT2D eigenvalue weighted by atomic mass is 9.63. The van der Waals surface area contributed by atoms with E-state index < -0.39 is 11.2 Å². The number of hydrogen-bond donors (Lipinski definition) is 2. The topological polar surface area (TPSA) is 75.1 Å². The van der Waals surface area contributed by atoms with Gasteiger partial charge in [0.2, 0.25) is 5.88 Å². The van der Waals surface area contributed by atoms with Gasteiger partial charge in [-0.3, -0.25) is 14.3 Å². The van der Waals surface area contributed by atoms with E-state index in [1.54, 1.807) is 0 Å². The van der Waals surface area contributed by atoms with Crippen LogP contribution >= 0.6 is 0 Å². The molecule has 2 rings (SSSR count). The number of hydrogen-bond acceptors (Lipinski definition) is 3. The predicted octanol–water partition coefficient (Wildman–Crippen LogP) is 2.02. The average Bonchev–Trinajstić information content (AvgIpc) is 2.09. The molecule has 0 saturated heterocycles. The molecule has 1 aliphatic rings. The molecule has 1 aromatic rings. The van der Waals surface area contributed by atoms with Crippen LogP contribution in [0.3, 0.4) is 0 Å². The minimum atomic E-state index is -0.562. The zero-order valence-electron chi connectivity index (χ0n) is 12.0. The molecule has 0 radical (unpaired) electrons. The first kappa shape index (κ1) is 13.9. The minimum absolute atomic E-state index is 0.0805. The second kappa shape index (κ2) is 4.25. The van der Waals surface area contributed by atoms with Crippen molar-refractivity contribution in [1.29, 1.82) is 0 Å². The summed E-state index contributed by atoms with van der Waals surface area (Å²) in [5.74, 6) is -0.243. The van der Waals surface area contributed by atoms with Gasteiger partial charge in [-0.2, -0.15) is 0 Å². The van der Waals surface area contributed by atoms with Gasteiger partial charge >= 0.3 is 5.69 Å². The number of aromatic amines is 1. The van der Waals surface area contributed by atoms with Gasteiger partial charge in [0, 0.05) is 6.04 Å². The Labute approximate surface area is 112 Å². The van der Waals surface area contributed by atoms with Crippen molar-refractivity contribution in [1.82, 2.24) is 9.55 Å². The molecule has 1 heterocycles. The predicted molar refractivity (Wildman–Crippen MR) is 73.4 cm³/mol. The van der Waals surface area contributed by atoms with E-state index in [0.29, 0.717) is 0 Å². The maximum atomic E-state index is 11.9. The van der Waals surface area contributed by atoms with E-state index in [1.165, 1.54) is 4.57 Å². The first-order chi connectivity index (χ1) is 8.60. The third-order valence-corrected chi connectivity index (χ3v) is 3.85. The highest BCUT2D eigenvalue weighted by atomic mass is 16.3. The lowest BCUT2D eigenvalue weighted by Gasteiger charge is -2.45. The summed E-state index contributed by atoms with van der Waals surface area (Å²) in [6, 6.07) is 0.985. The van der Waals surface area contributed by atoms with E-state index in [9.17, 15) is 14.7 Å². The Morgan fingerprint density at radius 1 is 1.21 bits per heavy atom. The van der Waals surface area contributed by atoms with Gasteiger partial charge in [0.05, 0.1) is 6.07 Å². The van der Waals surface area contributed by atoms with Gasteiger partial charge in [0.1, 0.15) is 0 Å². The Balaban J connectivity index is 2.48. The van der Waals surface area contributed by atoms with Gasteiger partial charge in [-0.15, -0.1) is 0 Å². The molecule has 0 atom stereocenters. The molecule has 1 saturated carbocycles. The number of rotatable bonds is 1. The zero-order valence-corrected chi connectivity index (χ0v) is 12.0. The second-order valence-electron chi connectivity index (χ2n) is 7.23. The highest BCUT2D eigenvalue weighted by Gasteiger charge is 2.40. The van der Waals surface area contributed by atoms with Crippen LogP contribution in [0, 0.1) is 10.8 Å². The highest BCUT2D eigenvalue weighted by molar-refractivity contribution is 5.09. The molecule has 1 fully saturated rings. The van der Waals surface area contributed by atoms with E-state index in [2.05, 4.69) is 32.7 Å². The maximum Gasteiger partial charge on any atom is 0.331 e. The van der Waals surface area contributed by atoms with Crippen molar-refractivity contribution in [3.63, 3.8) is 0 Å². The van der Waals surface area contributed by atoms with Crippen molar-refractivity contribution in [2.75, 3.05) is 0 Å². The lowest BCUT2D eigenvalue weighted by molar-refractivity contribution is 0.0669. The van der Waals surface area contributed by atoms with Crippen LogP contribution in [-0.2, 0) is 0 Å². The first-order valence-corrected chi connectivity index (χ1v) is 6.65. The molecule has 2 N–H and O–H groups in total. The lowest BCUT2D eigenvalue weighted by Crippen LogP contribution is -2.40. The summed E-state index contributed by atoms with van der Waals surface area (Å²) >= 11 is 0. The molecule has 0 aliphatic heterocycles. The van der Waals surface area contributed by atoms with E-state index in [0.717, 1.165) is 25.3 Å². The molecule has 0 bridgehead atoms. The van der Waals surface area contributed by atoms with Crippen molar-refractivity contribution in [2.24, 2.45) is 10.8 Å². The fraction of sp³-hybridized carbons (Fsp3) is 0.714. The zero-order chi connectivity index (χ0) is 14.4. The van der Waals surface area contributed by atoms with Gasteiger partial charge in [-0.1, -0.05) is 27.7 Å². The summed E-state index contributed by atoms with van der Waals surface area (Å²) in [7, 11) is 0. The van der Waals surface area contributed by atoms with Gasteiger partial charge in [-0.25, -0.2) is 4.79 Å². The Bertz CT molecular complexity index is 579. The Morgan fingerprint density at radius 3 is 2.21 bits per heavy atom. The van der Waals surface area contributed by atoms with Crippen LogP contribution in [0.25, 0.3) is 0 Å². The van der Waals surface area contributed by atoms with Gasteiger partial charge in [0.15, 0.2) is 0 Å². The van der Waals surface area contributed by atoms with Crippen LogP contribution < -0.4 is 11.2 Å². The first-order valence-electron chi connectivity index (χ1n) is 6.65. The molecule has 0 unspecified atom stereocenters. The minimum Gasteiger partial charge on any atom is -0.494 e. The van der Waals surface area contributed by atoms with Crippen LogP contribution in [0.15, 0.2) is 15.7 Å². The van der Waals surface area contributed by atoms with Crippen LogP contribution in [0.5, 0.6) is 5.88 Å². The van der Waals surface area contributed by atoms with E-state index in [4.69, 9.17) is 0 Å². The molecule has 19 heavy (non-hydrogen) atoms. The molecule has 1 aliphatic carbocycles. The SMILES string of the molecule is CC1(C)CC(n2c(O)cc(=O)[nH]c2=O)CC(C)(C)C1. The number of aromatic hydroxyl groups is 1. The fourth-order valence-corrected chi connectivity index (χ4v) is 3.82. The molecule has 0 amide bonds. The summed E-state index contributed by atoms with van der Waals surface area (Å²) in [6.45, 7) is 8.70. The molecule has 1 aromatic heterocycles. The maximum absolute atomic E-state index is 11.9. The standard InChI is InChI=1S/C14H22N2O3/c1-13(2)6-9(7-14(3,4)8-13)16-11(18)5-10(17)15-12(16)19/h5,9,18H,6-8H2,1-4H3,(H,15,17,19). The highest BCUT2D eigenvalue weighted by Crippen LogP contribution is 2.50. The molecule has 106 valence electrons. The van der Waals surface area contributed by atoms with Gasteiger partial charge in [0.25, 0.3) is 5.56 Å². The second-order valence-corrected chi connectivity index (χ2v) is 7.23. The molecule has 0 spiro atoms. The van der Waals surface area contributed by atoms with Crippen molar-refractivity contribution in [2.45, 2.75) is 53.0 Å². The van der Waals surface area contributed by atoms with Crippen LogP contribution in [-0.4, -0.2) is 14.7 Å². The Hall–Kier alpha value is -1.52. The molecule has 5 heteroatoms. The molecular formula is C14H22N2O3. The normalized spacial score (nSPS) is 22.3. The molecular weight excluding hydrogens is 244 g/mol. The largest absolute Gasteiger partial charge is 0.494 e. The third-order valence-electron chi connectivity index (χ3n) is 3.85. The summed E-state index contributed by atoms with van der Waals surface area (Å²) in [4.78, 5) is 25.3. The number of H-pyrrole nitrogens is 1. The third kappa shape index (κ3) is 2.91. The summed E-state index contributed by atoms with van der Waals surface area (Å²) in [6.07, 6.45) is 2.71. The van der Waals surface area contributed by atoms with E-state index >= 15 is 0 Å². The summed E-state index contributed by atoms with van der Waals surface area (Å²) < 4.78 is 1.32. The van der Waals surface area contributed by atoms with Crippen molar-refractivity contribution in [3.8, 4) is 5.88 Å². The quantitative estimate of drug-likeness (QED) is 0.816. The fourth-order valence-electron chi connectivity index (χ4n) is 3.82. The van der Waals surface area contributed by atoms with Crippen LogP contribution in [0.1, 0.15) is 53.0 Å². The van der Waals surface area contributed by atoms with Crippen molar-refractivity contribution >= 4 is 0 Å². The monoisotopic (exact) mass is 266 g/mol. The number of aromatic nitrogens is 2. The van der Waals surface area contributed by atoms with Crippen molar-refractivity contribution < 1.29 is 5.11 Å². The average molecular weight is 266 g/mol. The molecule has 5 nitrogen and oxygen atoms in total. The van der Waals surface area contributed by atoms with Gasteiger partial charge in [-0.05, 0) is 30.1 Å². The van der Waals surface area contributed by atoms with Gasteiger partial charge < -0.3 is 5.11 Å². The number of nitrogens with zero attached hydrogens (tertiary/aromatic N) is 1. The summed E-state index contributed by atoms with van der Waals surface area (Å²) in [5, 5.41) is 9.91.